The number of nitrogens with zero attached hydrogens (tertiary/aromatic N) is 5. The van der Waals surface area contributed by atoms with E-state index in [4.69, 9.17) is 0 Å². The van der Waals surface area contributed by atoms with Gasteiger partial charge in [-0.25, -0.2) is 19.6 Å². The van der Waals surface area contributed by atoms with E-state index in [1.54, 1.807) is 17.5 Å². The molecule has 1 N–H and O–H groups in total. The highest BCUT2D eigenvalue weighted by Gasteiger charge is 2.17. The molecule has 30 heavy (non-hydrogen) atoms. The maximum Gasteiger partial charge on any atom is 0.236 e. The summed E-state index contributed by atoms with van der Waals surface area (Å²) in [4.78, 5) is 27.2. The smallest absolute Gasteiger partial charge is 0.236 e. The summed E-state index contributed by atoms with van der Waals surface area (Å²) in [6.07, 6.45) is 7.75. The molecule has 0 spiro atoms. The van der Waals surface area contributed by atoms with E-state index in [1.807, 2.05) is 35.9 Å². The summed E-state index contributed by atoms with van der Waals surface area (Å²) in [5.41, 5.74) is 3.97. The van der Waals surface area contributed by atoms with Gasteiger partial charge in [-0.1, -0.05) is 30.0 Å². The van der Waals surface area contributed by atoms with E-state index in [0.29, 0.717) is 5.13 Å². The summed E-state index contributed by atoms with van der Waals surface area (Å²) in [5, 5.41) is 9.73. The van der Waals surface area contributed by atoms with Gasteiger partial charge in [-0.15, -0.1) is 11.3 Å². The molecule has 9 heteroatoms. The van der Waals surface area contributed by atoms with Crippen LogP contribution in [0.3, 0.4) is 0 Å². The number of thioether (sulfide) groups is 1. The molecule has 1 aliphatic carbocycles. The predicted molar refractivity (Wildman–Crippen MR) is 120 cm³/mol. The van der Waals surface area contributed by atoms with Crippen molar-refractivity contribution in [2.75, 3.05) is 11.1 Å². The molecule has 7 nitrogen and oxygen atoms in total. The number of carbonyl (C=O) groups is 1. The van der Waals surface area contributed by atoms with Gasteiger partial charge in [-0.05, 0) is 44.2 Å². The van der Waals surface area contributed by atoms with E-state index in [-0.39, 0.29) is 11.7 Å². The Hall–Kier alpha value is -2.78. The fourth-order valence-corrected chi connectivity index (χ4v) is 5.44. The Morgan fingerprint density at radius 3 is 2.97 bits per heavy atom. The normalized spacial score (nSPS) is 13.4. The number of benzene rings is 1. The Labute approximate surface area is 182 Å². The number of aromatic nitrogens is 5. The minimum Gasteiger partial charge on any atom is -0.301 e. The molecule has 3 aromatic heterocycles. The average molecular weight is 437 g/mol. The number of amides is 1. The number of rotatable bonds is 5. The van der Waals surface area contributed by atoms with Crippen molar-refractivity contribution >= 4 is 45.2 Å². The van der Waals surface area contributed by atoms with Gasteiger partial charge in [0.05, 0.1) is 28.7 Å². The van der Waals surface area contributed by atoms with Crippen molar-refractivity contribution in [3.8, 4) is 5.69 Å². The molecule has 0 atom stereocenters. The Bertz CT molecular complexity index is 1210. The molecule has 0 saturated carbocycles. The minimum absolute atomic E-state index is 0.0795. The summed E-state index contributed by atoms with van der Waals surface area (Å²) < 4.78 is 1.82. The van der Waals surface area contributed by atoms with Crippen LogP contribution in [0.5, 0.6) is 0 Å². The standard InChI is InChI=1S/C21H20N6OS2/c1-13-6-2-4-8-16(13)27-19-14(10-24-27)20(23-12-22-19)29-11-18(28)26-21-25-15-7-3-5-9-17(15)30-21/h2,4,6,8,10,12H,3,5,7,9,11H2,1H3,(H,25,26,28). The Kier molecular flexibility index (Phi) is 5.22. The van der Waals surface area contributed by atoms with Crippen LogP contribution < -0.4 is 5.32 Å². The molecule has 1 amide bonds. The van der Waals surface area contributed by atoms with Gasteiger partial charge in [0, 0.05) is 4.88 Å². The molecule has 1 aromatic carbocycles. The van der Waals surface area contributed by atoms with Crippen molar-refractivity contribution in [3.63, 3.8) is 0 Å². The Morgan fingerprint density at radius 1 is 1.23 bits per heavy atom. The number of fused-ring (bicyclic) bond motifs is 2. The highest BCUT2D eigenvalue weighted by molar-refractivity contribution is 8.00. The minimum atomic E-state index is -0.0795. The molecular weight excluding hydrogens is 416 g/mol. The van der Waals surface area contributed by atoms with Crippen LogP contribution in [0.1, 0.15) is 29.0 Å². The van der Waals surface area contributed by atoms with E-state index < -0.39 is 0 Å². The number of anilines is 1. The van der Waals surface area contributed by atoms with Gasteiger partial charge >= 0.3 is 0 Å². The summed E-state index contributed by atoms with van der Waals surface area (Å²) >= 11 is 2.98. The van der Waals surface area contributed by atoms with E-state index in [2.05, 4.69) is 25.4 Å². The van der Waals surface area contributed by atoms with E-state index >= 15 is 0 Å². The molecule has 0 saturated heterocycles. The van der Waals surface area contributed by atoms with Crippen molar-refractivity contribution < 1.29 is 4.79 Å². The summed E-state index contributed by atoms with van der Waals surface area (Å²) in [6, 6.07) is 8.03. The average Bonchev–Trinajstić information content (AvgIpc) is 3.36. The number of aryl methyl sites for hydroxylation is 3. The summed E-state index contributed by atoms with van der Waals surface area (Å²) in [5.74, 6) is 0.176. The van der Waals surface area contributed by atoms with Crippen molar-refractivity contribution in [1.82, 2.24) is 24.7 Å². The molecule has 0 radical (unpaired) electrons. The maximum atomic E-state index is 12.5. The lowest BCUT2D eigenvalue weighted by atomic mass is 10.0. The number of hydrogen-bond donors (Lipinski definition) is 1. The van der Waals surface area contributed by atoms with Gasteiger partial charge in [0.1, 0.15) is 11.4 Å². The van der Waals surface area contributed by atoms with E-state index in [9.17, 15) is 4.79 Å². The topological polar surface area (TPSA) is 85.6 Å². The zero-order valence-corrected chi connectivity index (χ0v) is 18.1. The van der Waals surface area contributed by atoms with Crippen LogP contribution in [-0.2, 0) is 17.6 Å². The molecule has 5 rings (SSSR count). The zero-order valence-electron chi connectivity index (χ0n) is 16.5. The lowest BCUT2D eigenvalue weighted by molar-refractivity contribution is -0.113. The molecule has 1 aliphatic rings. The second-order valence-corrected chi connectivity index (χ2v) is 9.24. The van der Waals surface area contributed by atoms with Crippen LogP contribution in [0.4, 0.5) is 5.13 Å². The summed E-state index contributed by atoms with van der Waals surface area (Å²) in [6.45, 7) is 2.04. The molecule has 0 unspecified atom stereocenters. The number of thiazole rings is 1. The molecule has 3 heterocycles. The van der Waals surface area contributed by atoms with Gasteiger partial charge in [-0.2, -0.15) is 5.10 Å². The van der Waals surface area contributed by atoms with Crippen molar-refractivity contribution in [1.29, 1.82) is 0 Å². The van der Waals surface area contributed by atoms with E-state index in [0.717, 1.165) is 45.8 Å². The van der Waals surface area contributed by atoms with Gasteiger partial charge in [-0.3, -0.25) is 4.79 Å². The van der Waals surface area contributed by atoms with Crippen LogP contribution in [0, 0.1) is 6.92 Å². The number of carbonyl (C=O) groups excluding carboxylic acids is 1. The number of hydrogen-bond acceptors (Lipinski definition) is 7. The highest BCUT2D eigenvalue weighted by Crippen LogP contribution is 2.30. The van der Waals surface area contributed by atoms with Gasteiger partial charge in [0.25, 0.3) is 0 Å². The van der Waals surface area contributed by atoms with Crippen LogP contribution in [0.25, 0.3) is 16.7 Å². The Balaban J connectivity index is 1.31. The molecule has 152 valence electrons. The lowest BCUT2D eigenvalue weighted by Crippen LogP contribution is -2.14. The number of nitrogens with one attached hydrogen (secondary N) is 1. The molecule has 4 aromatic rings. The van der Waals surface area contributed by atoms with Crippen LogP contribution >= 0.6 is 23.1 Å². The summed E-state index contributed by atoms with van der Waals surface area (Å²) in [7, 11) is 0. The second-order valence-electron chi connectivity index (χ2n) is 7.19. The first-order valence-corrected chi connectivity index (χ1v) is 11.7. The molecule has 0 aliphatic heterocycles. The van der Waals surface area contributed by atoms with Gasteiger partial charge in [0.15, 0.2) is 10.8 Å². The third-order valence-electron chi connectivity index (χ3n) is 5.10. The monoisotopic (exact) mass is 436 g/mol. The first kappa shape index (κ1) is 19.2. The maximum absolute atomic E-state index is 12.5. The first-order valence-electron chi connectivity index (χ1n) is 9.85. The quantitative estimate of drug-likeness (QED) is 0.373. The number of para-hydroxylation sites is 1. The lowest BCUT2D eigenvalue weighted by Gasteiger charge is -2.07. The van der Waals surface area contributed by atoms with Gasteiger partial charge in [0.2, 0.25) is 5.91 Å². The van der Waals surface area contributed by atoms with Crippen LogP contribution in [0.2, 0.25) is 0 Å². The van der Waals surface area contributed by atoms with Crippen molar-refractivity contribution in [2.24, 2.45) is 0 Å². The molecule has 0 bridgehead atoms. The molecular formula is C21H20N6OS2. The predicted octanol–water partition coefficient (Wildman–Crippen LogP) is 4.19. The van der Waals surface area contributed by atoms with Crippen LogP contribution in [-0.4, -0.2) is 36.4 Å². The third-order valence-corrected chi connectivity index (χ3v) is 7.18. The Morgan fingerprint density at radius 2 is 2.10 bits per heavy atom. The first-order chi connectivity index (χ1) is 14.7. The fourth-order valence-electron chi connectivity index (χ4n) is 3.61. The van der Waals surface area contributed by atoms with E-state index in [1.165, 1.54) is 35.8 Å². The third kappa shape index (κ3) is 3.70. The van der Waals surface area contributed by atoms with Crippen LogP contribution in [0.15, 0.2) is 41.8 Å². The zero-order chi connectivity index (χ0) is 20.5. The SMILES string of the molecule is Cc1ccccc1-n1ncc2c(SCC(=O)Nc3nc4c(s3)CCCC4)ncnc21. The highest BCUT2D eigenvalue weighted by atomic mass is 32.2. The van der Waals surface area contributed by atoms with Crippen molar-refractivity contribution in [2.45, 2.75) is 37.6 Å². The van der Waals surface area contributed by atoms with Gasteiger partial charge < -0.3 is 5.32 Å². The van der Waals surface area contributed by atoms with Crippen molar-refractivity contribution in [3.05, 3.63) is 52.9 Å². The fraction of sp³-hybridized carbons (Fsp3) is 0.286. The molecule has 0 fully saturated rings. The largest absolute Gasteiger partial charge is 0.301 e. The second kappa shape index (κ2) is 8.16.